The maximum absolute atomic E-state index is 11.7. The quantitative estimate of drug-likeness (QED) is 0.833. The number of benzene rings is 1. The topological polar surface area (TPSA) is 80.7 Å². The van der Waals surface area contributed by atoms with Gasteiger partial charge in [0.15, 0.2) is 0 Å². The van der Waals surface area contributed by atoms with E-state index in [9.17, 15) is 9.90 Å². The van der Waals surface area contributed by atoms with E-state index < -0.39 is 6.04 Å². The third kappa shape index (κ3) is 2.91. The number of carbonyl (C=O) groups is 1. The first kappa shape index (κ1) is 16.8. The number of phenolic OH excluding ortho intramolecular Hbond substituents is 1. The lowest BCUT2D eigenvalue weighted by atomic mass is 9.95. The standard InChI is InChI=1S/C19H20N2O4/c1-10-5-12(6-11(2)19(10)23)13-7-14-18(15(9-22)20-13)16(24-3)8-17(21-14)25-4/h5-9,15,20,23H,1-4H3. The number of aryl methyl sites for hydroxylation is 2. The Hall–Kier alpha value is -3.02. The number of aldehydes is 1. The molecule has 3 rings (SSSR count). The minimum Gasteiger partial charge on any atom is -0.507 e. The summed E-state index contributed by atoms with van der Waals surface area (Å²) in [4.78, 5) is 16.1. The van der Waals surface area contributed by atoms with Crippen LogP contribution in [0.4, 0.5) is 0 Å². The van der Waals surface area contributed by atoms with E-state index in [2.05, 4.69) is 10.3 Å². The van der Waals surface area contributed by atoms with Crippen molar-refractivity contribution in [2.24, 2.45) is 0 Å². The van der Waals surface area contributed by atoms with Crippen molar-refractivity contribution < 1.29 is 19.4 Å². The van der Waals surface area contributed by atoms with Crippen molar-refractivity contribution in [1.29, 1.82) is 0 Å². The van der Waals surface area contributed by atoms with Gasteiger partial charge in [-0.05, 0) is 48.7 Å². The molecule has 0 radical (unpaired) electrons. The van der Waals surface area contributed by atoms with Crippen molar-refractivity contribution in [2.45, 2.75) is 19.9 Å². The average molecular weight is 340 g/mol. The van der Waals surface area contributed by atoms with Crippen LogP contribution in [0.3, 0.4) is 0 Å². The third-order valence-electron chi connectivity index (χ3n) is 4.30. The van der Waals surface area contributed by atoms with Crippen LogP contribution in [-0.2, 0) is 4.79 Å². The van der Waals surface area contributed by atoms with Crippen LogP contribution in [0, 0.1) is 13.8 Å². The van der Waals surface area contributed by atoms with Gasteiger partial charge in [0.2, 0.25) is 5.88 Å². The van der Waals surface area contributed by atoms with E-state index in [1.54, 1.807) is 13.2 Å². The molecule has 130 valence electrons. The average Bonchev–Trinajstić information content (AvgIpc) is 2.63. The summed E-state index contributed by atoms with van der Waals surface area (Å²) in [6, 6.07) is 4.81. The molecule has 0 bridgehead atoms. The van der Waals surface area contributed by atoms with Gasteiger partial charge in [0.25, 0.3) is 0 Å². The van der Waals surface area contributed by atoms with Crippen LogP contribution in [0.25, 0.3) is 11.8 Å². The molecule has 1 aromatic heterocycles. The second kappa shape index (κ2) is 6.47. The van der Waals surface area contributed by atoms with Gasteiger partial charge in [-0.1, -0.05) is 0 Å². The van der Waals surface area contributed by atoms with Gasteiger partial charge >= 0.3 is 0 Å². The lowest BCUT2D eigenvalue weighted by Crippen LogP contribution is -2.26. The molecule has 0 fully saturated rings. The van der Waals surface area contributed by atoms with Gasteiger partial charge in [0.05, 0.1) is 19.9 Å². The van der Waals surface area contributed by atoms with Crippen LogP contribution in [0.2, 0.25) is 0 Å². The van der Waals surface area contributed by atoms with E-state index in [4.69, 9.17) is 9.47 Å². The fourth-order valence-corrected chi connectivity index (χ4v) is 3.02. The number of phenols is 1. The zero-order valence-electron chi connectivity index (χ0n) is 14.6. The molecule has 2 aromatic rings. The number of rotatable bonds is 4. The van der Waals surface area contributed by atoms with E-state index >= 15 is 0 Å². The Balaban J connectivity index is 2.19. The number of fused-ring (bicyclic) bond motifs is 1. The molecule has 0 aliphatic carbocycles. The molecule has 1 aliphatic rings. The summed E-state index contributed by atoms with van der Waals surface area (Å²) in [5.74, 6) is 1.23. The fourth-order valence-electron chi connectivity index (χ4n) is 3.02. The molecule has 25 heavy (non-hydrogen) atoms. The number of pyridine rings is 1. The van der Waals surface area contributed by atoms with Gasteiger partial charge in [-0.15, -0.1) is 0 Å². The SMILES string of the molecule is COc1cc(OC)c2c(n1)C=C(c1cc(C)c(O)c(C)c1)NC2C=O. The molecule has 1 atom stereocenters. The number of aromatic hydroxyl groups is 1. The smallest absolute Gasteiger partial charge is 0.217 e. The molecule has 6 nitrogen and oxygen atoms in total. The Morgan fingerprint density at radius 3 is 2.40 bits per heavy atom. The summed E-state index contributed by atoms with van der Waals surface area (Å²) in [5, 5.41) is 13.2. The van der Waals surface area contributed by atoms with Gasteiger partial charge < -0.3 is 24.7 Å². The highest BCUT2D eigenvalue weighted by Gasteiger charge is 2.27. The molecule has 0 spiro atoms. The molecule has 1 aliphatic heterocycles. The summed E-state index contributed by atoms with van der Waals surface area (Å²) in [7, 11) is 3.08. The zero-order chi connectivity index (χ0) is 18.1. The van der Waals surface area contributed by atoms with Gasteiger partial charge in [-0.3, -0.25) is 0 Å². The number of hydrogen-bond donors (Lipinski definition) is 2. The normalized spacial score (nSPS) is 15.7. The Bertz CT molecular complexity index is 851. The van der Waals surface area contributed by atoms with Crippen molar-refractivity contribution in [3.63, 3.8) is 0 Å². The predicted octanol–water partition coefficient (Wildman–Crippen LogP) is 2.76. The van der Waals surface area contributed by atoms with Crippen LogP contribution in [0.15, 0.2) is 18.2 Å². The highest BCUT2D eigenvalue weighted by molar-refractivity contribution is 5.87. The Morgan fingerprint density at radius 1 is 1.16 bits per heavy atom. The lowest BCUT2D eigenvalue weighted by Gasteiger charge is -2.26. The number of nitrogens with zero attached hydrogens (tertiary/aromatic N) is 1. The molecule has 0 saturated heterocycles. The van der Waals surface area contributed by atoms with E-state index in [1.807, 2.05) is 32.1 Å². The molecule has 0 saturated carbocycles. The predicted molar refractivity (Wildman–Crippen MR) is 94.7 cm³/mol. The lowest BCUT2D eigenvalue weighted by molar-refractivity contribution is -0.109. The minimum atomic E-state index is -0.585. The number of aromatic nitrogens is 1. The van der Waals surface area contributed by atoms with Crippen molar-refractivity contribution in [3.8, 4) is 17.4 Å². The van der Waals surface area contributed by atoms with Crippen LogP contribution < -0.4 is 14.8 Å². The Labute approximate surface area is 146 Å². The first-order chi connectivity index (χ1) is 12.0. The van der Waals surface area contributed by atoms with Crippen molar-refractivity contribution in [2.75, 3.05) is 14.2 Å². The molecular weight excluding hydrogens is 320 g/mol. The molecule has 1 aromatic carbocycles. The minimum absolute atomic E-state index is 0.272. The summed E-state index contributed by atoms with van der Waals surface area (Å²) < 4.78 is 10.6. The number of carbonyl (C=O) groups excluding carboxylic acids is 1. The van der Waals surface area contributed by atoms with Crippen molar-refractivity contribution in [3.05, 3.63) is 46.1 Å². The van der Waals surface area contributed by atoms with Gasteiger partial charge in [0, 0.05) is 17.3 Å². The monoisotopic (exact) mass is 340 g/mol. The van der Waals surface area contributed by atoms with Crippen LogP contribution in [0.1, 0.15) is 34.0 Å². The van der Waals surface area contributed by atoms with Crippen molar-refractivity contribution >= 4 is 18.1 Å². The second-order valence-corrected chi connectivity index (χ2v) is 5.94. The Morgan fingerprint density at radius 2 is 1.84 bits per heavy atom. The number of methoxy groups -OCH3 is 2. The zero-order valence-corrected chi connectivity index (χ0v) is 14.6. The van der Waals surface area contributed by atoms with E-state index in [0.717, 1.165) is 28.7 Å². The van der Waals surface area contributed by atoms with Gasteiger partial charge in [-0.25, -0.2) is 4.98 Å². The van der Waals surface area contributed by atoms with Crippen LogP contribution in [0.5, 0.6) is 17.4 Å². The van der Waals surface area contributed by atoms with E-state index in [0.29, 0.717) is 22.9 Å². The maximum atomic E-state index is 11.7. The first-order valence-electron chi connectivity index (χ1n) is 7.85. The number of ether oxygens (including phenoxy) is 2. The van der Waals surface area contributed by atoms with Crippen LogP contribution in [-0.4, -0.2) is 30.6 Å². The van der Waals surface area contributed by atoms with E-state index in [1.165, 1.54) is 7.11 Å². The number of hydrogen-bond acceptors (Lipinski definition) is 6. The molecule has 0 amide bonds. The summed E-state index contributed by atoms with van der Waals surface area (Å²) in [5.41, 5.74) is 4.44. The van der Waals surface area contributed by atoms with Gasteiger partial charge in [-0.2, -0.15) is 0 Å². The summed E-state index contributed by atoms with van der Waals surface area (Å²) in [6.45, 7) is 3.68. The molecule has 1 unspecified atom stereocenters. The summed E-state index contributed by atoms with van der Waals surface area (Å²) >= 11 is 0. The highest BCUT2D eigenvalue weighted by Crippen LogP contribution is 2.37. The molecular formula is C19H20N2O4. The molecule has 2 heterocycles. The Kier molecular flexibility index (Phi) is 4.35. The van der Waals surface area contributed by atoms with E-state index in [-0.39, 0.29) is 5.75 Å². The first-order valence-corrected chi connectivity index (χ1v) is 7.85. The van der Waals surface area contributed by atoms with Crippen molar-refractivity contribution in [1.82, 2.24) is 10.3 Å². The second-order valence-electron chi connectivity index (χ2n) is 5.94. The third-order valence-corrected chi connectivity index (χ3v) is 4.30. The fraction of sp³-hybridized carbons (Fsp3) is 0.263. The number of nitrogens with one attached hydrogen (secondary N) is 1. The maximum Gasteiger partial charge on any atom is 0.217 e. The van der Waals surface area contributed by atoms with Crippen LogP contribution >= 0.6 is 0 Å². The highest BCUT2D eigenvalue weighted by atomic mass is 16.5. The van der Waals surface area contributed by atoms with Gasteiger partial charge in [0.1, 0.15) is 23.8 Å². The molecule has 2 N–H and O–H groups in total. The largest absolute Gasteiger partial charge is 0.507 e. The summed E-state index contributed by atoms with van der Waals surface area (Å²) in [6.07, 6.45) is 2.67. The molecule has 6 heteroatoms.